The van der Waals surface area contributed by atoms with Crippen molar-refractivity contribution >= 4 is 34.8 Å². The Balaban J connectivity index is 2.06. The molecule has 0 radical (unpaired) electrons. The molecule has 3 aromatic rings. The molecule has 34 heavy (non-hydrogen) atoms. The first-order chi connectivity index (χ1) is 15.6. The summed E-state index contributed by atoms with van der Waals surface area (Å²) >= 11 is 19.1. The summed E-state index contributed by atoms with van der Waals surface area (Å²) in [5, 5.41) is 34.4. The molecule has 0 amide bonds. The van der Waals surface area contributed by atoms with Crippen LogP contribution in [-0.4, -0.2) is 15.3 Å². The van der Waals surface area contributed by atoms with Crippen LogP contribution in [-0.2, 0) is 23.7 Å². The maximum absolute atomic E-state index is 11.1. The van der Waals surface area contributed by atoms with E-state index in [4.69, 9.17) is 34.8 Å². The Morgan fingerprint density at radius 2 is 0.765 bits per heavy atom. The van der Waals surface area contributed by atoms with Gasteiger partial charge in [0.25, 0.3) is 0 Å². The van der Waals surface area contributed by atoms with Crippen LogP contribution in [0.2, 0.25) is 15.1 Å². The molecular formula is C28H31Cl3O3. The van der Waals surface area contributed by atoms with Gasteiger partial charge in [0, 0.05) is 61.3 Å². The lowest BCUT2D eigenvalue weighted by Crippen LogP contribution is -2.12. The normalized spacial score (nSPS) is 12.3. The zero-order chi connectivity index (χ0) is 25.6. The molecule has 3 nitrogen and oxygen atoms in total. The van der Waals surface area contributed by atoms with Crippen LogP contribution >= 0.6 is 34.8 Å². The van der Waals surface area contributed by atoms with Crippen molar-refractivity contribution in [1.82, 2.24) is 0 Å². The summed E-state index contributed by atoms with van der Waals surface area (Å²) in [7, 11) is 0. The van der Waals surface area contributed by atoms with Crippen LogP contribution in [0.25, 0.3) is 0 Å². The molecule has 0 unspecified atom stereocenters. The molecule has 0 atom stereocenters. The van der Waals surface area contributed by atoms with Gasteiger partial charge in [-0.05, 0) is 47.2 Å². The molecule has 0 spiro atoms. The average Bonchev–Trinajstić information content (AvgIpc) is 2.68. The highest BCUT2D eigenvalue weighted by atomic mass is 35.5. The van der Waals surface area contributed by atoms with E-state index >= 15 is 0 Å². The van der Waals surface area contributed by atoms with Gasteiger partial charge in [-0.3, -0.25) is 0 Å². The van der Waals surface area contributed by atoms with Crippen molar-refractivity contribution < 1.29 is 15.3 Å². The van der Waals surface area contributed by atoms with Gasteiger partial charge >= 0.3 is 0 Å². The zero-order valence-corrected chi connectivity index (χ0v) is 22.6. The summed E-state index contributed by atoms with van der Waals surface area (Å²) in [6.45, 7) is 12.0. The van der Waals surface area contributed by atoms with Crippen molar-refractivity contribution in [2.75, 3.05) is 0 Å². The standard InChI is InChI=1S/C28H31Cl3O3/c1-27(2,3)22-13-20(30)11-17(25(22)33)7-15-9-19(29)10-16(24(15)32)8-18-12-21(31)14-23(26(18)34)28(4,5)6/h9-14,32-34H,7-8H2,1-6H3. The molecule has 0 fully saturated rings. The first-order valence-electron chi connectivity index (χ1n) is 11.1. The lowest BCUT2D eigenvalue weighted by Gasteiger charge is -2.23. The first-order valence-corrected chi connectivity index (χ1v) is 12.2. The number of hydrogen-bond acceptors (Lipinski definition) is 3. The second kappa shape index (κ2) is 9.53. The molecule has 0 saturated carbocycles. The lowest BCUT2D eigenvalue weighted by molar-refractivity contribution is 0.439. The van der Waals surface area contributed by atoms with E-state index in [1.165, 1.54) is 0 Å². The maximum Gasteiger partial charge on any atom is 0.122 e. The van der Waals surface area contributed by atoms with Gasteiger partial charge < -0.3 is 15.3 Å². The maximum atomic E-state index is 11.1. The SMILES string of the molecule is CC(C)(C)c1cc(Cl)cc(Cc2cc(Cl)cc(Cc3cc(Cl)cc(C(C)(C)C)c3O)c2O)c1O. The van der Waals surface area contributed by atoms with E-state index in [9.17, 15) is 15.3 Å². The van der Waals surface area contributed by atoms with Crippen LogP contribution < -0.4 is 0 Å². The third-order valence-electron chi connectivity index (χ3n) is 5.92. The van der Waals surface area contributed by atoms with Gasteiger partial charge in [-0.2, -0.15) is 0 Å². The predicted molar refractivity (Wildman–Crippen MR) is 142 cm³/mol. The summed E-state index contributed by atoms with van der Waals surface area (Å²) in [5.41, 5.74) is 3.16. The van der Waals surface area contributed by atoms with E-state index in [1.807, 2.05) is 41.5 Å². The molecule has 0 aliphatic carbocycles. The van der Waals surface area contributed by atoms with Gasteiger partial charge in [0.05, 0.1) is 0 Å². The smallest absolute Gasteiger partial charge is 0.122 e. The molecule has 0 aliphatic heterocycles. The third-order valence-corrected chi connectivity index (χ3v) is 6.57. The fourth-order valence-corrected chi connectivity index (χ4v) is 4.87. The number of hydrogen-bond donors (Lipinski definition) is 3. The van der Waals surface area contributed by atoms with E-state index < -0.39 is 0 Å². The fourth-order valence-electron chi connectivity index (χ4n) is 4.12. The van der Waals surface area contributed by atoms with E-state index in [-0.39, 0.29) is 40.9 Å². The molecule has 0 heterocycles. The van der Waals surface area contributed by atoms with Crippen LogP contribution in [0.1, 0.15) is 74.9 Å². The van der Waals surface area contributed by atoms with Gasteiger partial charge in [-0.1, -0.05) is 76.3 Å². The summed E-state index contributed by atoms with van der Waals surface area (Å²) in [6.07, 6.45) is 0.479. The van der Waals surface area contributed by atoms with Gasteiger partial charge in [-0.15, -0.1) is 0 Å². The summed E-state index contributed by atoms with van der Waals surface area (Å²) in [5.74, 6) is 0.359. The first kappa shape index (κ1) is 26.5. The summed E-state index contributed by atoms with van der Waals surface area (Å²) < 4.78 is 0. The topological polar surface area (TPSA) is 60.7 Å². The molecule has 3 rings (SSSR count). The van der Waals surface area contributed by atoms with Crippen LogP contribution in [0, 0.1) is 0 Å². The number of halogens is 3. The zero-order valence-electron chi connectivity index (χ0n) is 20.4. The van der Waals surface area contributed by atoms with Crippen molar-refractivity contribution in [3.8, 4) is 17.2 Å². The summed E-state index contributed by atoms with van der Waals surface area (Å²) in [6, 6.07) is 10.3. The number of phenols is 3. The fraction of sp³-hybridized carbons (Fsp3) is 0.357. The monoisotopic (exact) mass is 520 g/mol. The number of phenolic OH excluding ortho intramolecular Hbond substituents is 3. The van der Waals surface area contributed by atoms with E-state index in [0.29, 0.717) is 37.3 Å². The highest BCUT2D eigenvalue weighted by Gasteiger charge is 2.24. The van der Waals surface area contributed by atoms with Gasteiger partial charge in [0.2, 0.25) is 0 Å². The van der Waals surface area contributed by atoms with Crippen LogP contribution in [0.15, 0.2) is 36.4 Å². The van der Waals surface area contributed by atoms with Crippen molar-refractivity contribution in [2.24, 2.45) is 0 Å². The van der Waals surface area contributed by atoms with Crippen molar-refractivity contribution in [3.63, 3.8) is 0 Å². The van der Waals surface area contributed by atoms with Gasteiger partial charge in [0.1, 0.15) is 17.2 Å². The molecule has 0 bridgehead atoms. The Morgan fingerprint density at radius 1 is 0.500 bits per heavy atom. The molecule has 0 aliphatic rings. The number of benzene rings is 3. The Kier molecular flexibility index (Phi) is 7.43. The average molecular weight is 522 g/mol. The lowest BCUT2D eigenvalue weighted by atomic mass is 9.84. The van der Waals surface area contributed by atoms with Gasteiger partial charge in [-0.25, -0.2) is 0 Å². The van der Waals surface area contributed by atoms with Crippen molar-refractivity contribution in [1.29, 1.82) is 0 Å². The van der Waals surface area contributed by atoms with Crippen LogP contribution in [0.4, 0.5) is 0 Å². The number of rotatable bonds is 4. The molecule has 0 saturated heterocycles. The molecule has 3 N–H and O–H groups in total. The Hall–Kier alpha value is -2.07. The Morgan fingerprint density at radius 3 is 1.06 bits per heavy atom. The molecular weight excluding hydrogens is 491 g/mol. The van der Waals surface area contributed by atoms with Crippen LogP contribution in [0.3, 0.4) is 0 Å². The Labute approximate surface area is 216 Å². The molecule has 182 valence electrons. The van der Waals surface area contributed by atoms with E-state index in [0.717, 1.165) is 11.1 Å². The second-order valence-electron chi connectivity index (χ2n) is 10.8. The minimum atomic E-state index is -0.305. The highest BCUT2D eigenvalue weighted by Crippen LogP contribution is 2.41. The molecule has 0 aromatic heterocycles. The number of aromatic hydroxyl groups is 3. The predicted octanol–water partition coefficient (Wildman–Crippen LogP) is 8.54. The van der Waals surface area contributed by atoms with Crippen molar-refractivity contribution in [3.05, 3.63) is 84.8 Å². The van der Waals surface area contributed by atoms with Gasteiger partial charge in [0.15, 0.2) is 0 Å². The quantitative estimate of drug-likeness (QED) is 0.322. The minimum Gasteiger partial charge on any atom is -0.507 e. The largest absolute Gasteiger partial charge is 0.507 e. The van der Waals surface area contributed by atoms with Crippen LogP contribution in [0.5, 0.6) is 17.2 Å². The highest BCUT2D eigenvalue weighted by molar-refractivity contribution is 6.31. The molecule has 6 heteroatoms. The van der Waals surface area contributed by atoms with E-state index in [2.05, 4.69) is 0 Å². The summed E-state index contributed by atoms with van der Waals surface area (Å²) in [4.78, 5) is 0. The molecule has 3 aromatic carbocycles. The van der Waals surface area contributed by atoms with E-state index in [1.54, 1.807) is 36.4 Å². The minimum absolute atomic E-state index is 0.0535. The second-order valence-corrected chi connectivity index (χ2v) is 12.2. The van der Waals surface area contributed by atoms with Crippen molar-refractivity contribution in [2.45, 2.75) is 65.2 Å². The third kappa shape index (κ3) is 5.76. The Bertz CT molecular complexity index is 1140.